The van der Waals surface area contributed by atoms with Gasteiger partial charge in [0, 0.05) is 34.5 Å². The molecule has 0 bridgehead atoms. The summed E-state index contributed by atoms with van der Waals surface area (Å²) in [6.07, 6.45) is 3.64. The van der Waals surface area contributed by atoms with Gasteiger partial charge in [-0.25, -0.2) is 19.8 Å². The molecule has 2 aromatic heterocycles. The first-order valence-corrected chi connectivity index (χ1v) is 17.7. The number of aromatic nitrogens is 4. The van der Waals surface area contributed by atoms with Gasteiger partial charge >= 0.3 is 0 Å². The highest BCUT2D eigenvalue weighted by Gasteiger charge is 2.36. The fraction of sp³-hybridized carbons (Fsp3) is 0.0625. The van der Waals surface area contributed by atoms with Gasteiger partial charge in [-0.05, 0) is 92.0 Å². The van der Waals surface area contributed by atoms with Crippen LogP contribution in [0.4, 0.5) is 5.69 Å². The fourth-order valence-corrected chi connectivity index (χ4v) is 7.47. The SMILES string of the molecule is [C-]#[N+]c1cccc2c1-c1ccc(-c3cc(-c4ccncc4)cc(-c4nc(-c5ccccc5)nc(-c5ccc(-c6ccccc6)cc5)n4)c3)cc1C2(C)C. The predicted molar refractivity (Wildman–Crippen MR) is 214 cm³/mol. The Morgan fingerprint density at radius 2 is 0.943 bits per heavy atom. The van der Waals surface area contributed by atoms with Crippen LogP contribution in [-0.2, 0) is 5.41 Å². The van der Waals surface area contributed by atoms with Crippen LogP contribution in [0.1, 0.15) is 25.0 Å². The molecule has 9 rings (SSSR count). The van der Waals surface area contributed by atoms with Gasteiger partial charge in [-0.15, -0.1) is 0 Å². The smallest absolute Gasteiger partial charge is 0.195 e. The fourth-order valence-electron chi connectivity index (χ4n) is 7.47. The Morgan fingerprint density at radius 1 is 0.434 bits per heavy atom. The van der Waals surface area contributed by atoms with Crippen LogP contribution in [0, 0.1) is 6.57 Å². The normalized spacial score (nSPS) is 12.5. The van der Waals surface area contributed by atoms with Crippen molar-refractivity contribution in [3.8, 4) is 78.7 Å². The van der Waals surface area contributed by atoms with Gasteiger partial charge in [-0.3, -0.25) is 4.98 Å². The van der Waals surface area contributed by atoms with Crippen molar-refractivity contribution < 1.29 is 0 Å². The molecule has 53 heavy (non-hydrogen) atoms. The largest absolute Gasteiger partial charge is 0.265 e. The molecular weight excluding hydrogens is 647 g/mol. The Hall–Kier alpha value is -7.03. The van der Waals surface area contributed by atoms with E-state index >= 15 is 0 Å². The van der Waals surface area contributed by atoms with Gasteiger partial charge in [0.25, 0.3) is 0 Å². The second-order valence-corrected chi connectivity index (χ2v) is 13.8. The Bertz CT molecular complexity index is 2680. The van der Waals surface area contributed by atoms with Crippen molar-refractivity contribution in [1.82, 2.24) is 19.9 Å². The van der Waals surface area contributed by atoms with E-state index in [1.807, 2.05) is 73.1 Å². The molecule has 0 amide bonds. The van der Waals surface area contributed by atoms with E-state index in [9.17, 15) is 0 Å². The molecule has 2 heterocycles. The maximum Gasteiger partial charge on any atom is 0.195 e. The monoisotopic (exact) mass is 679 g/mol. The molecule has 6 aromatic carbocycles. The number of nitrogens with zero attached hydrogens (tertiary/aromatic N) is 5. The van der Waals surface area contributed by atoms with Crippen molar-refractivity contribution in [3.05, 3.63) is 187 Å². The Kier molecular flexibility index (Phi) is 7.79. The van der Waals surface area contributed by atoms with E-state index in [0.717, 1.165) is 61.2 Å². The van der Waals surface area contributed by atoms with Crippen LogP contribution in [0.2, 0.25) is 0 Å². The molecule has 0 atom stereocenters. The molecule has 0 unspecified atom stereocenters. The van der Waals surface area contributed by atoms with Gasteiger partial charge in [-0.1, -0.05) is 129 Å². The molecule has 0 radical (unpaired) electrons. The van der Waals surface area contributed by atoms with Crippen LogP contribution < -0.4 is 0 Å². The lowest BCUT2D eigenvalue weighted by atomic mass is 9.81. The summed E-state index contributed by atoms with van der Waals surface area (Å²) in [6.45, 7) is 12.4. The van der Waals surface area contributed by atoms with E-state index < -0.39 is 0 Å². The lowest BCUT2D eigenvalue weighted by molar-refractivity contribution is 0.661. The summed E-state index contributed by atoms with van der Waals surface area (Å²) in [6, 6.07) is 52.2. The summed E-state index contributed by atoms with van der Waals surface area (Å²) in [5, 5.41) is 0. The highest BCUT2D eigenvalue weighted by atomic mass is 15.0. The number of benzene rings is 6. The molecule has 1 aliphatic rings. The van der Waals surface area contributed by atoms with Crippen molar-refractivity contribution in [2.75, 3.05) is 0 Å². The number of hydrogen-bond acceptors (Lipinski definition) is 4. The number of rotatable bonds is 6. The first-order valence-electron chi connectivity index (χ1n) is 17.7. The summed E-state index contributed by atoms with van der Waals surface area (Å²) in [5.41, 5.74) is 14.2. The zero-order chi connectivity index (χ0) is 35.9. The van der Waals surface area contributed by atoms with Gasteiger partial charge in [-0.2, -0.15) is 0 Å². The van der Waals surface area contributed by atoms with Gasteiger partial charge in [0.15, 0.2) is 23.2 Å². The molecule has 1 aliphatic carbocycles. The molecule has 8 aromatic rings. The zero-order valence-corrected chi connectivity index (χ0v) is 29.3. The number of fused-ring (bicyclic) bond motifs is 3. The predicted octanol–water partition coefficient (Wildman–Crippen LogP) is 12.1. The van der Waals surface area contributed by atoms with E-state index in [-0.39, 0.29) is 5.41 Å². The van der Waals surface area contributed by atoms with Crippen molar-refractivity contribution >= 4 is 5.69 Å². The Labute approximate surface area is 309 Å². The quantitative estimate of drug-likeness (QED) is 0.164. The molecule has 0 aliphatic heterocycles. The Balaban J connectivity index is 1.21. The average Bonchev–Trinajstić information content (AvgIpc) is 3.47. The van der Waals surface area contributed by atoms with Crippen LogP contribution in [0.3, 0.4) is 0 Å². The third kappa shape index (κ3) is 5.77. The molecule has 5 nitrogen and oxygen atoms in total. The zero-order valence-electron chi connectivity index (χ0n) is 29.3. The summed E-state index contributed by atoms with van der Waals surface area (Å²) in [7, 11) is 0. The minimum atomic E-state index is -0.253. The average molecular weight is 680 g/mol. The highest BCUT2D eigenvalue weighted by molar-refractivity contribution is 5.92. The van der Waals surface area contributed by atoms with Crippen LogP contribution in [0.25, 0.3) is 83.5 Å². The third-order valence-corrected chi connectivity index (χ3v) is 10.3. The summed E-state index contributed by atoms with van der Waals surface area (Å²) in [4.78, 5) is 23.4. The van der Waals surface area contributed by atoms with Crippen LogP contribution in [-0.4, -0.2) is 19.9 Å². The van der Waals surface area contributed by atoms with Crippen molar-refractivity contribution in [2.24, 2.45) is 0 Å². The molecule has 0 fully saturated rings. The van der Waals surface area contributed by atoms with Crippen LogP contribution in [0.5, 0.6) is 0 Å². The highest BCUT2D eigenvalue weighted by Crippen LogP contribution is 2.53. The minimum absolute atomic E-state index is 0.253. The molecule has 5 heteroatoms. The third-order valence-electron chi connectivity index (χ3n) is 10.3. The molecule has 0 spiro atoms. The molecule has 0 saturated heterocycles. The summed E-state index contributed by atoms with van der Waals surface area (Å²) in [5.74, 6) is 1.81. The van der Waals surface area contributed by atoms with Crippen LogP contribution in [0.15, 0.2) is 164 Å². The number of pyridine rings is 1. The van der Waals surface area contributed by atoms with Gasteiger partial charge in [0.1, 0.15) is 0 Å². The summed E-state index contributed by atoms with van der Waals surface area (Å²) >= 11 is 0. The maximum atomic E-state index is 7.86. The first-order chi connectivity index (χ1) is 26.0. The van der Waals surface area contributed by atoms with Crippen molar-refractivity contribution in [1.29, 1.82) is 0 Å². The molecular formula is C48H33N5. The minimum Gasteiger partial charge on any atom is -0.265 e. The maximum absolute atomic E-state index is 7.86. The first kappa shape index (κ1) is 31.9. The van der Waals surface area contributed by atoms with Gasteiger partial charge in [0.2, 0.25) is 0 Å². The molecule has 0 N–H and O–H groups in total. The topological polar surface area (TPSA) is 55.9 Å². The lowest BCUT2D eigenvalue weighted by Gasteiger charge is -2.22. The second kappa shape index (κ2) is 12.9. The van der Waals surface area contributed by atoms with E-state index in [4.69, 9.17) is 21.5 Å². The standard InChI is InChI=1S/C48H33N5/c1-48(2)41-15-10-16-43(49-3)44(41)40-22-21-36(30-42(40)48)38-27-37(33-23-25-50-26-24-33)28-39(29-38)47-52-45(34-13-8-5-9-14-34)51-46(53-47)35-19-17-32(18-20-35)31-11-6-4-7-12-31/h4-30H,1-2H3. The lowest BCUT2D eigenvalue weighted by Crippen LogP contribution is -2.14. The van der Waals surface area contributed by atoms with E-state index in [1.165, 1.54) is 11.1 Å². The van der Waals surface area contributed by atoms with E-state index in [2.05, 4.69) is 115 Å². The van der Waals surface area contributed by atoms with E-state index in [1.54, 1.807) is 0 Å². The van der Waals surface area contributed by atoms with Crippen molar-refractivity contribution in [2.45, 2.75) is 19.3 Å². The van der Waals surface area contributed by atoms with Crippen molar-refractivity contribution in [3.63, 3.8) is 0 Å². The molecule has 0 saturated carbocycles. The Morgan fingerprint density at radius 3 is 1.60 bits per heavy atom. The number of hydrogen-bond donors (Lipinski definition) is 0. The van der Waals surface area contributed by atoms with Crippen LogP contribution >= 0.6 is 0 Å². The summed E-state index contributed by atoms with van der Waals surface area (Å²) < 4.78 is 0. The van der Waals surface area contributed by atoms with Gasteiger partial charge in [0.05, 0.1) is 6.57 Å². The van der Waals surface area contributed by atoms with Gasteiger partial charge < -0.3 is 0 Å². The molecule has 250 valence electrons. The van der Waals surface area contributed by atoms with E-state index in [0.29, 0.717) is 23.2 Å². The second-order valence-electron chi connectivity index (χ2n) is 13.8.